The van der Waals surface area contributed by atoms with Crippen molar-refractivity contribution in [3.63, 3.8) is 0 Å². The molecule has 2 nitrogen and oxygen atoms in total. The Morgan fingerprint density at radius 2 is 1.30 bits per heavy atom. The molecule has 0 saturated carbocycles. The third kappa shape index (κ3) is 4.33. The van der Waals surface area contributed by atoms with Gasteiger partial charge in [0.15, 0.2) is 0 Å². The SMILES string of the molecule is CC(CC(C#N)(c1ccccc1)c1ccccc1)[N+](C)(C)C.[I-]. The molecular formula is C20H25IN2. The van der Waals surface area contributed by atoms with Gasteiger partial charge in [0.1, 0.15) is 5.41 Å². The summed E-state index contributed by atoms with van der Waals surface area (Å²) in [6.45, 7) is 2.22. The van der Waals surface area contributed by atoms with E-state index in [2.05, 4.69) is 58.4 Å². The summed E-state index contributed by atoms with van der Waals surface area (Å²) in [4.78, 5) is 0. The summed E-state index contributed by atoms with van der Waals surface area (Å²) in [6, 6.07) is 23.3. The normalized spacial score (nSPS) is 12.8. The molecule has 0 N–H and O–H groups in total. The van der Waals surface area contributed by atoms with Crippen LogP contribution in [0.15, 0.2) is 60.7 Å². The molecule has 1 atom stereocenters. The number of rotatable bonds is 5. The number of nitrogens with zero attached hydrogens (tertiary/aromatic N) is 2. The van der Waals surface area contributed by atoms with Crippen molar-refractivity contribution >= 4 is 0 Å². The molecule has 0 aliphatic heterocycles. The second-order valence-electron chi connectivity index (χ2n) is 6.92. The molecule has 2 aromatic carbocycles. The van der Waals surface area contributed by atoms with E-state index in [-0.39, 0.29) is 24.0 Å². The first-order valence-corrected chi connectivity index (χ1v) is 7.73. The summed E-state index contributed by atoms with van der Waals surface area (Å²) >= 11 is 0. The predicted molar refractivity (Wildman–Crippen MR) is 91.4 cm³/mol. The van der Waals surface area contributed by atoms with E-state index in [4.69, 9.17) is 0 Å². The van der Waals surface area contributed by atoms with Crippen molar-refractivity contribution in [2.75, 3.05) is 21.1 Å². The number of halogens is 1. The molecule has 3 heteroatoms. The number of hydrogen-bond donors (Lipinski definition) is 0. The quantitative estimate of drug-likeness (QED) is 0.523. The summed E-state index contributed by atoms with van der Waals surface area (Å²) in [5, 5.41) is 10.1. The van der Waals surface area contributed by atoms with Crippen molar-refractivity contribution in [3.05, 3.63) is 71.8 Å². The molecular weight excluding hydrogens is 395 g/mol. The molecule has 0 radical (unpaired) electrons. The van der Waals surface area contributed by atoms with Gasteiger partial charge in [-0.15, -0.1) is 0 Å². The topological polar surface area (TPSA) is 23.8 Å². The Bertz CT molecular complexity index is 599. The van der Waals surface area contributed by atoms with Gasteiger partial charge in [0.25, 0.3) is 0 Å². The minimum Gasteiger partial charge on any atom is -1.00 e. The fourth-order valence-electron chi connectivity index (χ4n) is 2.74. The highest BCUT2D eigenvalue weighted by atomic mass is 127. The molecule has 2 rings (SSSR count). The number of quaternary nitrogens is 1. The largest absolute Gasteiger partial charge is 1.00 e. The fraction of sp³-hybridized carbons (Fsp3) is 0.350. The molecule has 0 heterocycles. The van der Waals surface area contributed by atoms with E-state index in [0.717, 1.165) is 22.0 Å². The summed E-state index contributed by atoms with van der Waals surface area (Å²) in [5.74, 6) is 0. The number of nitriles is 1. The van der Waals surface area contributed by atoms with E-state index in [0.29, 0.717) is 6.04 Å². The van der Waals surface area contributed by atoms with Gasteiger partial charge < -0.3 is 28.5 Å². The first-order valence-electron chi connectivity index (χ1n) is 7.73. The highest BCUT2D eigenvalue weighted by Crippen LogP contribution is 2.37. The smallest absolute Gasteiger partial charge is 0.113 e. The molecule has 23 heavy (non-hydrogen) atoms. The van der Waals surface area contributed by atoms with Gasteiger partial charge in [-0.2, -0.15) is 5.26 Å². The highest BCUT2D eigenvalue weighted by Gasteiger charge is 2.39. The van der Waals surface area contributed by atoms with Crippen LogP contribution in [0.2, 0.25) is 0 Å². The summed E-state index contributed by atoms with van der Waals surface area (Å²) in [7, 11) is 6.55. The van der Waals surface area contributed by atoms with Crippen molar-refractivity contribution < 1.29 is 28.5 Å². The molecule has 0 amide bonds. The van der Waals surface area contributed by atoms with E-state index in [1.165, 1.54) is 0 Å². The average molecular weight is 420 g/mol. The number of hydrogen-bond acceptors (Lipinski definition) is 1. The Morgan fingerprint density at radius 3 is 1.61 bits per heavy atom. The third-order valence-electron chi connectivity index (χ3n) is 4.65. The van der Waals surface area contributed by atoms with Crippen LogP contribution in [0.4, 0.5) is 0 Å². The lowest BCUT2D eigenvalue weighted by Crippen LogP contribution is -3.00. The van der Waals surface area contributed by atoms with E-state index in [1.807, 2.05) is 36.4 Å². The molecule has 0 saturated heterocycles. The van der Waals surface area contributed by atoms with Gasteiger partial charge in [0.05, 0.1) is 33.3 Å². The maximum Gasteiger partial charge on any atom is 0.113 e. The van der Waals surface area contributed by atoms with Crippen LogP contribution >= 0.6 is 0 Å². The van der Waals surface area contributed by atoms with Gasteiger partial charge in [0.2, 0.25) is 0 Å². The lowest BCUT2D eigenvalue weighted by molar-refractivity contribution is -0.894. The monoisotopic (exact) mass is 420 g/mol. The molecule has 0 aliphatic rings. The van der Waals surface area contributed by atoms with Crippen LogP contribution in [0, 0.1) is 11.3 Å². The van der Waals surface area contributed by atoms with Crippen molar-refractivity contribution in [1.29, 1.82) is 5.26 Å². The van der Waals surface area contributed by atoms with E-state index < -0.39 is 5.41 Å². The summed E-state index contributed by atoms with van der Waals surface area (Å²) in [6.07, 6.45) is 0.793. The van der Waals surface area contributed by atoms with Crippen molar-refractivity contribution in [2.24, 2.45) is 0 Å². The second kappa shape index (κ2) is 7.94. The fourth-order valence-corrected chi connectivity index (χ4v) is 2.74. The summed E-state index contributed by atoms with van der Waals surface area (Å²) in [5.41, 5.74) is 1.54. The van der Waals surface area contributed by atoms with Gasteiger partial charge in [-0.1, -0.05) is 60.7 Å². The summed E-state index contributed by atoms with van der Waals surface area (Å²) < 4.78 is 0.836. The molecule has 2 aromatic rings. The Labute approximate surface area is 157 Å². The minimum atomic E-state index is -0.604. The average Bonchev–Trinajstić information content (AvgIpc) is 2.53. The molecule has 0 aromatic heterocycles. The van der Waals surface area contributed by atoms with Crippen LogP contribution in [0.25, 0.3) is 0 Å². The molecule has 0 fully saturated rings. The lowest BCUT2D eigenvalue weighted by atomic mass is 9.71. The first kappa shape index (κ1) is 19.7. The second-order valence-corrected chi connectivity index (χ2v) is 6.92. The number of benzene rings is 2. The Kier molecular flexibility index (Phi) is 6.79. The Balaban J connectivity index is 0.00000264. The van der Waals surface area contributed by atoms with Crippen LogP contribution in [0.5, 0.6) is 0 Å². The third-order valence-corrected chi connectivity index (χ3v) is 4.65. The van der Waals surface area contributed by atoms with Gasteiger partial charge in [-0.3, -0.25) is 0 Å². The van der Waals surface area contributed by atoms with E-state index in [9.17, 15) is 5.26 Å². The van der Waals surface area contributed by atoms with E-state index in [1.54, 1.807) is 0 Å². The molecule has 0 bridgehead atoms. The zero-order chi connectivity index (χ0) is 16.2. The molecule has 122 valence electrons. The van der Waals surface area contributed by atoms with Gasteiger partial charge in [-0.25, -0.2) is 0 Å². The van der Waals surface area contributed by atoms with Crippen LogP contribution in [0.3, 0.4) is 0 Å². The minimum absolute atomic E-state index is 0. The maximum atomic E-state index is 10.1. The van der Waals surface area contributed by atoms with Crippen molar-refractivity contribution in [1.82, 2.24) is 0 Å². The Morgan fingerprint density at radius 1 is 0.913 bits per heavy atom. The van der Waals surface area contributed by atoms with Crippen LogP contribution in [-0.4, -0.2) is 31.7 Å². The van der Waals surface area contributed by atoms with Crippen LogP contribution in [0.1, 0.15) is 24.5 Å². The van der Waals surface area contributed by atoms with Gasteiger partial charge in [-0.05, 0) is 18.1 Å². The lowest BCUT2D eigenvalue weighted by Gasteiger charge is -2.37. The van der Waals surface area contributed by atoms with Crippen molar-refractivity contribution in [3.8, 4) is 6.07 Å². The standard InChI is InChI=1S/C20H25N2.HI/c1-17(22(2,3)4)15-20(16-21,18-11-7-5-8-12-18)19-13-9-6-10-14-19;/h5-14,17H,15H2,1-4H3;1H/q+1;/p-1. The van der Waals surface area contributed by atoms with Gasteiger partial charge >= 0.3 is 0 Å². The Hall–Kier alpha value is -1.38. The van der Waals surface area contributed by atoms with Crippen LogP contribution in [-0.2, 0) is 5.41 Å². The zero-order valence-electron chi connectivity index (χ0n) is 14.3. The predicted octanol–water partition coefficient (Wildman–Crippen LogP) is 0.985. The highest BCUT2D eigenvalue weighted by molar-refractivity contribution is 5.45. The zero-order valence-corrected chi connectivity index (χ0v) is 16.5. The molecule has 0 aliphatic carbocycles. The first-order chi connectivity index (χ1) is 10.4. The molecule has 1 unspecified atom stereocenters. The maximum absolute atomic E-state index is 10.1. The molecule has 0 spiro atoms. The van der Waals surface area contributed by atoms with E-state index >= 15 is 0 Å². The van der Waals surface area contributed by atoms with Gasteiger partial charge in [0, 0.05) is 6.42 Å². The van der Waals surface area contributed by atoms with Crippen molar-refractivity contribution in [2.45, 2.75) is 24.8 Å². The van der Waals surface area contributed by atoms with Crippen LogP contribution < -0.4 is 24.0 Å².